The Morgan fingerprint density at radius 1 is 1.38 bits per heavy atom. The zero-order valence-electron chi connectivity index (χ0n) is 13.0. The molecule has 1 atom stereocenters. The third-order valence-electron chi connectivity index (χ3n) is 3.38. The van der Waals surface area contributed by atoms with E-state index in [9.17, 15) is 4.79 Å². The Bertz CT molecular complexity index is 494. The van der Waals surface area contributed by atoms with Gasteiger partial charge in [0, 0.05) is 36.5 Å². The van der Waals surface area contributed by atoms with Crippen molar-refractivity contribution in [2.45, 2.75) is 19.9 Å². The average molecular weight is 359 g/mol. The van der Waals surface area contributed by atoms with Crippen LogP contribution in [-0.2, 0) is 9.47 Å². The Labute approximate surface area is 134 Å². The van der Waals surface area contributed by atoms with E-state index < -0.39 is 0 Å². The molecule has 0 radical (unpaired) electrons. The third-order valence-corrected chi connectivity index (χ3v) is 3.84. The van der Waals surface area contributed by atoms with Crippen LogP contribution >= 0.6 is 15.9 Å². The van der Waals surface area contributed by atoms with E-state index in [0.717, 1.165) is 10.0 Å². The zero-order valence-corrected chi connectivity index (χ0v) is 14.6. The number of carbonyl (C=O) groups is 1. The summed E-state index contributed by atoms with van der Waals surface area (Å²) in [5, 5.41) is 0. The van der Waals surface area contributed by atoms with E-state index in [-0.39, 0.29) is 11.9 Å². The normalized spacial score (nSPS) is 12.2. The first kappa shape index (κ1) is 17.9. The molecule has 0 aromatic heterocycles. The SMILES string of the molecule is COCCN(C(=O)c1cc(Br)cc(N)c1C)C(C)COC. The van der Waals surface area contributed by atoms with Gasteiger partial charge in [-0.15, -0.1) is 0 Å². The molecule has 0 saturated carbocycles. The van der Waals surface area contributed by atoms with Gasteiger partial charge in [-0.05, 0) is 31.5 Å². The number of nitrogens with zero attached hydrogens (tertiary/aromatic N) is 1. The van der Waals surface area contributed by atoms with E-state index >= 15 is 0 Å². The molecule has 0 aliphatic heterocycles. The largest absolute Gasteiger partial charge is 0.398 e. The van der Waals surface area contributed by atoms with Gasteiger partial charge in [0.15, 0.2) is 0 Å². The summed E-state index contributed by atoms with van der Waals surface area (Å²) in [6, 6.07) is 3.55. The first-order valence-electron chi connectivity index (χ1n) is 6.76. The Balaban J connectivity index is 3.09. The van der Waals surface area contributed by atoms with E-state index in [0.29, 0.717) is 31.0 Å². The Kier molecular flexibility index (Phi) is 7.14. The highest BCUT2D eigenvalue weighted by atomic mass is 79.9. The van der Waals surface area contributed by atoms with Crippen LogP contribution in [0.5, 0.6) is 0 Å². The van der Waals surface area contributed by atoms with Crippen LogP contribution in [0.15, 0.2) is 16.6 Å². The molecule has 0 saturated heterocycles. The van der Waals surface area contributed by atoms with Gasteiger partial charge in [-0.3, -0.25) is 4.79 Å². The number of nitrogen functional groups attached to an aromatic ring is 1. The number of hydrogen-bond acceptors (Lipinski definition) is 4. The van der Waals surface area contributed by atoms with Gasteiger partial charge in [0.25, 0.3) is 5.91 Å². The second-order valence-corrected chi connectivity index (χ2v) is 5.88. The lowest BCUT2D eigenvalue weighted by Gasteiger charge is -2.29. The third kappa shape index (κ3) is 4.69. The van der Waals surface area contributed by atoms with Crippen molar-refractivity contribution in [3.05, 3.63) is 27.7 Å². The van der Waals surface area contributed by atoms with Gasteiger partial charge in [0.1, 0.15) is 0 Å². The summed E-state index contributed by atoms with van der Waals surface area (Å²) in [6.45, 7) is 5.25. The number of hydrogen-bond donors (Lipinski definition) is 1. The Hall–Kier alpha value is -1.11. The first-order chi connectivity index (χ1) is 9.92. The van der Waals surface area contributed by atoms with Crippen LogP contribution in [0.1, 0.15) is 22.8 Å². The van der Waals surface area contributed by atoms with E-state index in [1.54, 1.807) is 31.3 Å². The molecule has 118 valence electrons. The molecular formula is C15H23BrN2O3. The standard InChI is InChI=1S/C15H23BrN2O3/c1-10(9-21-4)18(5-6-20-3)15(19)13-7-12(16)8-14(17)11(13)2/h7-8,10H,5-6,9,17H2,1-4H3. The molecular weight excluding hydrogens is 336 g/mol. The topological polar surface area (TPSA) is 64.8 Å². The van der Waals surface area contributed by atoms with Crippen LogP contribution in [0.4, 0.5) is 5.69 Å². The van der Waals surface area contributed by atoms with Crippen molar-refractivity contribution in [3.8, 4) is 0 Å². The van der Waals surface area contributed by atoms with Crippen LogP contribution in [-0.4, -0.2) is 50.8 Å². The average Bonchev–Trinajstić information content (AvgIpc) is 2.43. The summed E-state index contributed by atoms with van der Waals surface area (Å²) >= 11 is 3.38. The van der Waals surface area contributed by atoms with Crippen LogP contribution in [0.3, 0.4) is 0 Å². The molecule has 21 heavy (non-hydrogen) atoms. The van der Waals surface area contributed by atoms with Crippen molar-refractivity contribution >= 4 is 27.5 Å². The molecule has 0 aliphatic carbocycles. The second-order valence-electron chi connectivity index (χ2n) is 4.96. The Morgan fingerprint density at radius 3 is 2.62 bits per heavy atom. The molecule has 6 heteroatoms. The quantitative estimate of drug-likeness (QED) is 0.760. The lowest BCUT2D eigenvalue weighted by atomic mass is 10.0. The predicted octanol–water partition coefficient (Wildman–Crippen LogP) is 2.46. The van der Waals surface area contributed by atoms with Crippen LogP contribution in [0.25, 0.3) is 0 Å². The molecule has 2 N–H and O–H groups in total. The van der Waals surface area contributed by atoms with E-state index in [1.165, 1.54) is 0 Å². The van der Waals surface area contributed by atoms with Crippen LogP contribution in [0, 0.1) is 6.92 Å². The van der Waals surface area contributed by atoms with E-state index in [2.05, 4.69) is 15.9 Å². The van der Waals surface area contributed by atoms with Crippen molar-refractivity contribution < 1.29 is 14.3 Å². The zero-order chi connectivity index (χ0) is 16.0. The number of halogens is 1. The van der Waals surface area contributed by atoms with Crippen molar-refractivity contribution in [3.63, 3.8) is 0 Å². The number of anilines is 1. The minimum atomic E-state index is -0.0675. The molecule has 0 fully saturated rings. The fourth-order valence-electron chi connectivity index (χ4n) is 2.12. The fraction of sp³-hybridized carbons (Fsp3) is 0.533. The highest BCUT2D eigenvalue weighted by Crippen LogP contribution is 2.24. The van der Waals surface area contributed by atoms with Crippen molar-refractivity contribution in [2.75, 3.05) is 39.7 Å². The maximum atomic E-state index is 12.8. The fourth-order valence-corrected chi connectivity index (χ4v) is 2.60. The first-order valence-corrected chi connectivity index (χ1v) is 7.56. The molecule has 1 unspecified atom stereocenters. The lowest BCUT2D eigenvalue weighted by molar-refractivity contribution is 0.0479. The molecule has 0 heterocycles. The summed E-state index contributed by atoms with van der Waals surface area (Å²) in [6.07, 6.45) is 0. The maximum absolute atomic E-state index is 12.8. The monoisotopic (exact) mass is 358 g/mol. The molecule has 0 aliphatic rings. The molecule has 0 spiro atoms. The summed E-state index contributed by atoms with van der Waals surface area (Å²) in [5.74, 6) is -0.0675. The van der Waals surface area contributed by atoms with Crippen LogP contribution in [0.2, 0.25) is 0 Å². The number of amides is 1. The highest BCUT2D eigenvalue weighted by Gasteiger charge is 2.23. The predicted molar refractivity (Wildman–Crippen MR) is 87.5 cm³/mol. The molecule has 1 aromatic rings. The summed E-state index contributed by atoms with van der Waals surface area (Å²) in [4.78, 5) is 14.6. The number of benzene rings is 1. The van der Waals surface area contributed by atoms with Gasteiger partial charge in [-0.1, -0.05) is 15.9 Å². The molecule has 1 amide bonds. The van der Waals surface area contributed by atoms with Gasteiger partial charge in [0.2, 0.25) is 0 Å². The molecule has 1 rings (SSSR count). The van der Waals surface area contributed by atoms with Crippen LogP contribution < -0.4 is 5.73 Å². The molecule has 5 nitrogen and oxygen atoms in total. The number of rotatable bonds is 7. The van der Waals surface area contributed by atoms with Gasteiger partial charge in [-0.2, -0.15) is 0 Å². The van der Waals surface area contributed by atoms with Crippen molar-refractivity contribution in [1.29, 1.82) is 0 Å². The Morgan fingerprint density at radius 2 is 2.05 bits per heavy atom. The van der Waals surface area contributed by atoms with Crippen molar-refractivity contribution in [2.24, 2.45) is 0 Å². The summed E-state index contributed by atoms with van der Waals surface area (Å²) in [5.41, 5.74) is 7.93. The summed E-state index contributed by atoms with van der Waals surface area (Å²) < 4.78 is 11.0. The lowest BCUT2D eigenvalue weighted by Crippen LogP contribution is -2.43. The minimum absolute atomic E-state index is 0.0442. The number of nitrogens with two attached hydrogens (primary N) is 1. The van der Waals surface area contributed by atoms with Gasteiger partial charge < -0.3 is 20.1 Å². The minimum Gasteiger partial charge on any atom is -0.398 e. The highest BCUT2D eigenvalue weighted by molar-refractivity contribution is 9.10. The smallest absolute Gasteiger partial charge is 0.254 e. The van der Waals surface area contributed by atoms with E-state index in [1.807, 2.05) is 13.8 Å². The van der Waals surface area contributed by atoms with Gasteiger partial charge in [0.05, 0.1) is 19.3 Å². The second kappa shape index (κ2) is 8.36. The molecule has 0 bridgehead atoms. The summed E-state index contributed by atoms with van der Waals surface area (Å²) in [7, 11) is 3.24. The van der Waals surface area contributed by atoms with E-state index in [4.69, 9.17) is 15.2 Å². The maximum Gasteiger partial charge on any atom is 0.254 e. The number of ether oxygens (including phenoxy) is 2. The van der Waals surface area contributed by atoms with Gasteiger partial charge in [-0.25, -0.2) is 0 Å². The molecule has 1 aromatic carbocycles. The van der Waals surface area contributed by atoms with Crippen molar-refractivity contribution in [1.82, 2.24) is 4.90 Å². The number of carbonyl (C=O) groups excluding carboxylic acids is 1. The number of methoxy groups -OCH3 is 2. The van der Waals surface area contributed by atoms with Gasteiger partial charge >= 0.3 is 0 Å².